The summed E-state index contributed by atoms with van der Waals surface area (Å²) in [6.07, 6.45) is 2.26. The van der Waals surface area contributed by atoms with Gasteiger partial charge in [0.15, 0.2) is 0 Å². The molecule has 0 aromatic heterocycles. The van der Waals surface area contributed by atoms with Crippen molar-refractivity contribution in [3.05, 3.63) is 64.7 Å². The van der Waals surface area contributed by atoms with E-state index < -0.39 is 0 Å². The average molecular weight is 291 g/mol. The van der Waals surface area contributed by atoms with Crippen molar-refractivity contribution in [2.24, 2.45) is 10.9 Å². The minimum atomic E-state index is 0.578. The first-order valence-corrected chi connectivity index (χ1v) is 8.33. The lowest BCUT2D eigenvalue weighted by atomic mass is 9.78. The third-order valence-corrected chi connectivity index (χ3v) is 4.89. The van der Waals surface area contributed by atoms with Gasteiger partial charge < -0.3 is 0 Å². The molecule has 0 amide bonds. The molecule has 3 rings (SSSR count). The van der Waals surface area contributed by atoms with Gasteiger partial charge in [0.25, 0.3) is 0 Å². The topological polar surface area (TPSA) is 12.4 Å². The van der Waals surface area contributed by atoms with Crippen molar-refractivity contribution in [1.29, 1.82) is 0 Å². The van der Waals surface area contributed by atoms with Gasteiger partial charge in [0, 0.05) is 5.71 Å². The Kier molecular flexibility index (Phi) is 4.15. The second-order valence-corrected chi connectivity index (χ2v) is 6.69. The molecule has 1 heterocycles. The zero-order chi connectivity index (χ0) is 15.7. The van der Waals surface area contributed by atoms with Crippen molar-refractivity contribution >= 4 is 11.4 Å². The van der Waals surface area contributed by atoms with E-state index in [1.54, 1.807) is 0 Å². The molecule has 2 aromatic rings. The van der Waals surface area contributed by atoms with Crippen molar-refractivity contribution in [3.63, 3.8) is 0 Å². The SMILES string of the molecule is CCC(C)C1CC(c2cc(C)cc(C)c2)=Nc2ccccc21. The number of hydrogen-bond acceptors (Lipinski definition) is 1. The summed E-state index contributed by atoms with van der Waals surface area (Å²) in [5.41, 5.74) is 7.75. The number of para-hydroxylation sites is 1. The normalized spacial score (nSPS) is 18.5. The summed E-state index contributed by atoms with van der Waals surface area (Å²) in [5.74, 6) is 1.26. The Balaban J connectivity index is 2.08. The molecule has 22 heavy (non-hydrogen) atoms. The van der Waals surface area contributed by atoms with Crippen LogP contribution in [0.5, 0.6) is 0 Å². The Morgan fingerprint density at radius 2 is 1.77 bits per heavy atom. The number of rotatable bonds is 3. The molecule has 0 fully saturated rings. The lowest BCUT2D eigenvalue weighted by Crippen LogP contribution is -2.18. The fourth-order valence-corrected chi connectivity index (χ4v) is 3.53. The molecule has 2 unspecified atom stereocenters. The van der Waals surface area contributed by atoms with Crippen LogP contribution in [0.2, 0.25) is 0 Å². The second-order valence-electron chi connectivity index (χ2n) is 6.69. The van der Waals surface area contributed by atoms with Gasteiger partial charge in [0.1, 0.15) is 0 Å². The molecule has 1 aliphatic heterocycles. The molecule has 0 N–H and O–H groups in total. The highest BCUT2D eigenvalue weighted by molar-refractivity contribution is 6.04. The third kappa shape index (κ3) is 2.85. The van der Waals surface area contributed by atoms with Crippen LogP contribution in [0.15, 0.2) is 47.5 Å². The van der Waals surface area contributed by atoms with E-state index in [4.69, 9.17) is 4.99 Å². The number of hydrogen-bond donors (Lipinski definition) is 0. The summed E-state index contributed by atoms with van der Waals surface area (Å²) in [4.78, 5) is 4.98. The van der Waals surface area contributed by atoms with Crippen LogP contribution in [0.1, 0.15) is 54.9 Å². The molecule has 114 valence electrons. The quantitative estimate of drug-likeness (QED) is 0.662. The van der Waals surface area contributed by atoms with E-state index in [1.807, 2.05) is 0 Å². The van der Waals surface area contributed by atoms with Gasteiger partial charge in [-0.15, -0.1) is 0 Å². The van der Waals surface area contributed by atoms with E-state index in [0.717, 1.165) is 12.1 Å². The summed E-state index contributed by atoms with van der Waals surface area (Å²) < 4.78 is 0. The van der Waals surface area contributed by atoms with Crippen molar-refractivity contribution in [3.8, 4) is 0 Å². The van der Waals surface area contributed by atoms with Gasteiger partial charge in [-0.1, -0.05) is 67.8 Å². The smallest absolute Gasteiger partial charge is 0.0668 e. The van der Waals surface area contributed by atoms with E-state index in [1.165, 1.54) is 34.4 Å². The highest BCUT2D eigenvalue weighted by atomic mass is 14.8. The average Bonchev–Trinajstić information content (AvgIpc) is 2.52. The fraction of sp³-hybridized carbons (Fsp3) is 0.381. The monoisotopic (exact) mass is 291 g/mol. The number of fused-ring (bicyclic) bond motifs is 1. The largest absolute Gasteiger partial charge is 0.253 e. The Hall–Kier alpha value is -1.89. The molecule has 1 aliphatic rings. The van der Waals surface area contributed by atoms with Crippen LogP contribution in [0, 0.1) is 19.8 Å². The molecule has 0 saturated heterocycles. The van der Waals surface area contributed by atoms with Crippen LogP contribution >= 0.6 is 0 Å². The second kappa shape index (κ2) is 6.08. The minimum Gasteiger partial charge on any atom is -0.253 e. The van der Waals surface area contributed by atoms with Gasteiger partial charge in [0.05, 0.1) is 5.69 Å². The van der Waals surface area contributed by atoms with Gasteiger partial charge >= 0.3 is 0 Å². The minimum absolute atomic E-state index is 0.578. The maximum atomic E-state index is 4.98. The summed E-state index contributed by atoms with van der Waals surface area (Å²) in [6.45, 7) is 8.99. The Bertz CT molecular complexity index is 691. The zero-order valence-corrected chi connectivity index (χ0v) is 14.1. The van der Waals surface area contributed by atoms with E-state index in [9.17, 15) is 0 Å². The first kappa shape index (κ1) is 15.0. The van der Waals surface area contributed by atoms with Crippen molar-refractivity contribution in [2.45, 2.75) is 46.5 Å². The lowest BCUT2D eigenvalue weighted by Gasteiger charge is -2.29. The number of aryl methyl sites for hydroxylation is 2. The van der Waals surface area contributed by atoms with Gasteiger partial charge in [-0.05, 0) is 49.3 Å². The van der Waals surface area contributed by atoms with Crippen molar-refractivity contribution in [2.75, 3.05) is 0 Å². The first-order chi connectivity index (χ1) is 10.6. The highest BCUT2D eigenvalue weighted by Gasteiger charge is 2.26. The van der Waals surface area contributed by atoms with E-state index in [0.29, 0.717) is 11.8 Å². The summed E-state index contributed by atoms with van der Waals surface area (Å²) in [7, 11) is 0. The summed E-state index contributed by atoms with van der Waals surface area (Å²) >= 11 is 0. The maximum Gasteiger partial charge on any atom is 0.0668 e. The van der Waals surface area contributed by atoms with Gasteiger partial charge in [-0.2, -0.15) is 0 Å². The molecular formula is C21H25N. The molecular weight excluding hydrogens is 266 g/mol. The van der Waals surface area contributed by atoms with E-state index in [-0.39, 0.29) is 0 Å². The molecule has 0 spiro atoms. The molecule has 2 atom stereocenters. The fourth-order valence-electron chi connectivity index (χ4n) is 3.53. The molecule has 0 aliphatic carbocycles. The molecule has 0 radical (unpaired) electrons. The van der Waals surface area contributed by atoms with Crippen LogP contribution in [-0.4, -0.2) is 5.71 Å². The van der Waals surface area contributed by atoms with Crippen LogP contribution in [0.25, 0.3) is 0 Å². The predicted octanol–water partition coefficient (Wildman–Crippen LogP) is 5.96. The van der Waals surface area contributed by atoms with E-state index >= 15 is 0 Å². The predicted molar refractivity (Wildman–Crippen MR) is 95.4 cm³/mol. The van der Waals surface area contributed by atoms with Crippen molar-refractivity contribution < 1.29 is 0 Å². The molecule has 1 nitrogen and oxygen atoms in total. The number of aliphatic imine (C=N–C) groups is 1. The van der Waals surface area contributed by atoms with Gasteiger partial charge in [-0.3, -0.25) is 4.99 Å². The number of nitrogens with zero attached hydrogens (tertiary/aromatic N) is 1. The van der Waals surface area contributed by atoms with Crippen LogP contribution in [0.3, 0.4) is 0 Å². The lowest BCUT2D eigenvalue weighted by molar-refractivity contribution is 0.453. The molecule has 0 bridgehead atoms. The van der Waals surface area contributed by atoms with Gasteiger partial charge in [0.2, 0.25) is 0 Å². The molecule has 1 heteroatoms. The summed E-state index contributed by atoms with van der Waals surface area (Å²) in [5, 5.41) is 0. The number of benzene rings is 2. The van der Waals surface area contributed by atoms with E-state index in [2.05, 4.69) is 70.2 Å². The standard InChI is InChI=1S/C21H25N/c1-5-16(4)19-13-21(17-11-14(2)10-15(3)12-17)22-20-9-7-6-8-18(19)20/h6-12,16,19H,5,13H2,1-4H3. The van der Waals surface area contributed by atoms with Crippen LogP contribution in [-0.2, 0) is 0 Å². The molecule has 2 aromatic carbocycles. The van der Waals surface area contributed by atoms with Gasteiger partial charge in [-0.25, -0.2) is 0 Å². The Morgan fingerprint density at radius 1 is 1.09 bits per heavy atom. The zero-order valence-electron chi connectivity index (χ0n) is 14.1. The van der Waals surface area contributed by atoms with Crippen LogP contribution in [0.4, 0.5) is 5.69 Å². The first-order valence-electron chi connectivity index (χ1n) is 8.33. The highest BCUT2D eigenvalue weighted by Crippen LogP contribution is 2.41. The maximum absolute atomic E-state index is 4.98. The van der Waals surface area contributed by atoms with Crippen molar-refractivity contribution in [1.82, 2.24) is 0 Å². The summed E-state index contributed by atoms with van der Waals surface area (Å²) in [6, 6.07) is 15.4. The Morgan fingerprint density at radius 3 is 2.45 bits per heavy atom. The molecule has 0 saturated carbocycles. The Labute approximate surface area is 134 Å². The third-order valence-electron chi connectivity index (χ3n) is 4.89. The van der Waals surface area contributed by atoms with Crippen LogP contribution < -0.4 is 0 Å².